The van der Waals surface area contributed by atoms with Crippen LogP contribution in [0.3, 0.4) is 0 Å². The molecule has 0 saturated carbocycles. The second kappa shape index (κ2) is 5.41. The van der Waals surface area contributed by atoms with Gasteiger partial charge in [0.25, 0.3) is 0 Å². The molecular formula is C13H8ClF5N4OS2. The Hall–Kier alpha value is -2.18. The Balaban J connectivity index is 1.81. The summed E-state index contributed by atoms with van der Waals surface area (Å²) in [6.45, 7) is 0. The highest BCUT2D eigenvalue weighted by atomic mass is 35.5. The zero-order valence-electron chi connectivity index (χ0n) is 12.4. The van der Waals surface area contributed by atoms with E-state index in [1.807, 2.05) is 0 Å². The zero-order valence-corrected chi connectivity index (χ0v) is 14.7. The lowest BCUT2D eigenvalue weighted by Gasteiger charge is -2.41. The van der Waals surface area contributed by atoms with Gasteiger partial charge in [0.2, 0.25) is 0 Å². The number of hydrogen-bond donors (Lipinski definition) is 2. The van der Waals surface area contributed by atoms with Gasteiger partial charge in [0.15, 0.2) is 0 Å². The van der Waals surface area contributed by atoms with E-state index in [4.69, 9.17) is 11.6 Å². The van der Waals surface area contributed by atoms with Crippen LogP contribution in [-0.4, -0.2) is 15.6 Å². The molecule has 0 aliphatic heterocycles. The monoisotopic (exact) mass is 430 g/mol. The minimum atomic E-state index is -9.99. The molecule has 0 spiro atoms. The van der Waals surface area contributed by atoms with Gasteiger partial charge in [-0.05, 0) is 47.9 Å². The fraction of sp³-hybridized carbons (Fsp3) is 0. The minimum Gasteiger partial charge on any atom is -0.308 e. The van der Waals surface area contributed by atoms with E-state index in [0.717, 1.165) is 17.6 Å². The van der Waals surface area contributed by atoms with Crippen LogP contribution in [0.4, 0.5) is 35.6 Å². The number of anilines is 2. The SMILES string of the molecule is O=C(Nc1ccc(Cl)c(S(F)(F)(F)(F)F)c1)Nc1ccc2nnsc2c1. The first-order chi connectivity index (χ1) is 11.8. The average molecular weight is 431 g/mol. The molecular weight excluding hydrogens is 423 g/mol. The number of urea groups is 1. The number of aromatic nitrogens is 2. The van der Waals surface area contributed by atoms with Crippen LogP contribution in [0, 0.1) is 0 Å². The van der Waals surface area contributed by atoms with Gasteiger partial charge in [0, 0.05) is 11.4 Å². The van der Waals surface area contributed by atoms with Crippen LogP contribution in [0.2, 0.25) is 5.02 Å². The molecule has 26 heavy (non-hydrogen) atoms. The van der Waals surface area contributed by atoms with E-state index in [0.29, 0.717) is 22.0 Å². The molecule has 0 bridgehead atoms. The Morgan fingerprint density at radius 2 is 1.62 bits per heavy atom. The van der Waals surface area contributed by atoms with Gasteiger partial charge >= 0.3 is 16.3 Å². The second-order valence-corrected chi connectivity index (χ2v) is 8.72. The van der Waals surface area contributed by atoms with Crippen LogP contribution >= 0.6 is 33.4 Å². The van der Waals surface area contributed by atoms with Crippen molar-refractivity contribution in [3.8, 4) is 0 Å². The van der Waals surface area contributed by atoms with Crippen LogP contribution < -0.4 is 10.6 Å². The van der Waals surface area contributed by atoms with Crippen molar-refractivity contribution in [3.05, 3.63) is 41.4 Å². The molecule has 0 atom stereocenters. The van der Waals surface area contributed by atoms with Crippen LogP contribution in [0.5, 0.6) is 0 Å². The van der Waals surface area contributed by atoms with Crippen LogP contribution in [0.25, 0.3) is 10.2 Å². The quantitative estimate of drug-likeness (QED) is 0.457. The average Bonchev–Trinajstić information content (AvgIpc) is 2.94. The number of halogens is 6. The van der Waals surface area contributed by atoms with Crippen LogP contribution in [0.1, 0.15) is 0 Å². The van der Waals surface area contributed by atoms with Crippen molar-refractivity contribution < 1.29 is 24.2 Å². The lowest BCUT2D eigenvalue weighted by Crippen LogP contribution is -2.19. The van der Waals surface area contributed by atoms with Crippen molar-refractivity contribution in [1.29, 1.82) is 0 Å². The number of hydrogen-bond acceptors (Lipinski definition) is 4. The van der Waals surface area contributed by atoms with Gasteiger partial charge in [0.05, 0.1) is 9.72 Å². The van der Waals surface area contributed by atoms with Gasteiger partial charge in [0.1, 0.15) is 10.4 Å². The van der Waals surface area contributed by atoms with Crippen molar-refractivity contribution in [2.75, 3.05) is 10.6 Å². The molecule has 3 aromatic rings. The summed E-state index contributed by atoms with van der Waals surface area (Å²) in [5, 5.41) is 7.09. The van der Waals surface area contributed by atoms with Gasteiger partial charge in [-0.15, -0.1) is 5.10 Å². The number of nitrogens with zero attached hydrogens (tertiary/aromatic N) is 2. The fourth-order valence-electron chi connectivity index (χ4n) is 2.03. The molecule has 0 radical (unpaired) electrons. The number of rotatable bonds is 3. The summed E-state index contributed by atoms with van der Waals surface area (Å²) in [7, 11) is -9.99. The fourth-order valence-corrected chi connectivity index (χ4v) is 3.97. The summed E-state index contributed by atoms with van der Waals surface area (Å²) in [6.07, 6.45) is 0. The molecule has 13 heteroatoms. The van der Waals surface area contributed by atoms with Crippen LogP contribution in [-0.2, 0) is 0 Å². The van der Waals surface area contributed by atoms with Gasteiger partial charge in [-0.2, -0.15) is 0 Å². The molecule has 0 unspecified atom stereocenters. The number of carbonyl (C=O) groups excluding carboxylic acids is 1. The van der Waals surface area contributed by atoms with E-state index in [9.17, 15) is 24.2 Å². The van der Waals surface area contributed by atoms with Crippen molar-refractivity contribution in [1.82, 2.24) is 9.59 Å². The van der Waals surface area contributed by atoms with E-state index in [1.165, 1.54) is 6.07 Å². The smallest absolute Gasteiger partial charge is 0.308 e. The van der Waals surface area contributed by atoms with Crippen molar-refractivity contribution in [2.45, 2.75) is 4.90 Å². The second-order valence-electron chi connectivity index (χ2n) is 5.15. The normalized spacial score (nSPS) is 14.5. The first-order valence-corrected chi connectivity index (χ1v) is 9.76. The van der Waals surface area contributed by atoms with E-state index < -0.39 is 31.9 Å². The maximum atomic E-state index is 13.0. The standard InChI is InChI=1S/C13H8ClF5N4OS2/c14-9-3-1-8(6-12(9)26(15,16,17,18)19)21-13(24)20-7-2-4-10-11(5-7)25-23-22-10/h1-6H,(H2,20,21,24). The molecule has 140 valence electrons. The zero-order chi connectivity index (χ0) is 19.2. The van der Waals surface area contributed by atoms with E-state index in [2.05, 4.69) is 20.2 Å². The number of benzene rings is 2. The summed E-state index contributed by atoms with van der Waals surface area (Å²) in [5.74, 6) is 0. The Morgan fingerprint density at radius 3 is 2.27 bits per heavy atom. The maximum Gasteiger partial charge on any atom is 0.323 e. The maximum absolute atomic E-state index is 13.0. The molecule has 0 aliphatic carbocycles. The molecule has 2 amide bonds. The predicted octanol–water partition coefficient (Wildman–Crippen LogP) is 6.65. The number of nitrogens with one attached hydrogen (secondary N) is 2. The predicted molar refractivity (Wildman–Crippen MR) is 92.9 cm³/mol. The first-order valence-electron chi connectivity index (χ1n) is 6.66. The Labute approximate surface area is 152 Å². The topological polar surface area (TPSA) is 66.9 Å². The Kier molecular flexibility index (Phi) is 3.87. The molecule has 0 saturated heterocycles. The molecule has 1 aromatic heterocycles. The largest absolute Gasteiger partial charge is 0.323 e. The number of carbonyl (C=O) groups is 1. The lowest BCUT2D eigenvalue weighted by atomic mass is 10.3. The first kappa shape index (κ1) is 18.6. The lowest BCUT2D eigenvalue weighted by molar-refractivity contribution is 0.262. The summed E-state index contributed by atoms with van der Waals surface area (Å²) in [4.78, 5) is 9.66. The van der Waals surface area contributed by atoms with Crippen LogP contribution in [0.15, 0.2) is 41.3 Å². The molecule has 2 N–H and O–H groups in total. The summed E-state index contributed by atoms with van der Waals surface area (Å²) in [6, 6.07) is 5.44. The van der Waals surface area contributed by atoms with Crippen molar-refractivity contribution in [3.63, 3.8) is 0 Å². The highest BCUT2D eigenvalue weighted by molar-refractivity contribution is 8.45. The molecule has 0 fully saturated rings. The molecule has 5 nitrogen and oxygen atoms in total. The van der Waals surface area contributed by atoms with Crippen molar-refractivity contribution >= 4 is 61.0 Å². The number of fused-ring (bicyclic) bond motifs is 1. The van der Waals surface area contributed by atoms with Gasteiger partial charge in [-0.3, -0.25) is 0 Å². The Bertz CT molecular complexity index is 1030. The molecule has 1 heterocycles. The Morgan fingerprint density at radius 1 is 1.00 bits per heavy atom. The highest BCUT2D eigenvalue weighted by Crippen LogP contribution is 3.02. The third-order valence-corrected chi connectivity index (χ3v) is 5.41. The minimum absolute atomic E-state index is 0.0970. The molecule has 2 aromatic carbocycles. The molecule has 3 rings (SSSR count). The van der Waals surface area contributed by atoms with Crippen molar-refractivity contribution in [2.24, 2.45) is 0 Å². The van der Waals surface area contributed by atoms with Gasteiger partial charge in [-0.25, -0.2) is 4.79 Å². The highest BCUT2D eigenvalue weighted by Gasteiger charge is 2.66. The van der Waals surface area contributed by atoms with E-state index >= 15 is 0 Å². The molecule has 0 aliphatic rings. The summed E-state index contributed by atoms with van der Waals surface area (Å²) >= 11 is 6.35. The third-order valence-electron chi connectivity index (χ3n) is 3.11. The summed E-state index contributed by atoms with van der Waals surface area (Å²) in [5.41, 5.74) is 0.442. The van der Waals surface area contributed by atoms with Gasteiger partial charge < -0.3 is 10.6 Å². The van der Waals surface area contributed by atoms with Gasteiger partial charge in [-0.1, -0.05) is 35.5 Å². The summed E-state index contributed by atoms with van der Waals surface area (Å²) < 4.78 is 69.2. The number of amides is 2. The van der Waals surface area contributed by atoms with E-state index in [-0.39, 0.29) is 6.07 Å². The third kappa shape index (κ3) is 4.14. The van der Waals surface area contributed by atoms with E-state index in [1.54, 1.807) is 12.1 Å².